The molecule has 2 aliphatic heterocycles. The zero-order valence-electron chi connectivity index (χ0n) is 16.5. The maximum Gasteiger partial charge on any atom is 0.257 e. The van der Waals surface area contributed by atoms with Crippen LogP contribution in [0.2, 0.25) is 0 Å². The van der Waals surface area contributed by atoms with E-state index in [0.717, 1.165) is 24.1 Å². The summed E-state index contributed by atoms with van der Waals surface area (Å²) in [6, 6.07) is 6.92. The zero-order valence-corrected chi connectivity index (χ0v) is 17.3. The van der Waals surface area contributed by atoms with Gasteiger partial charge in [-0.2, -0.15) is 9.40 Å². The first kappa shape index (κ1) is 20.1. The number of ether oxygens (including phenoxy) is 1. The fraction of sp³-hybridized carbons (Fsp3) is 0.500. The number of carbonyl (C=O) groups is 1. The Bertz CT molecular complexity index is 965. The highest BCUT2D eigenvalue weighted by Crippen LogP contribution is 2.31. The highest BCUT2D eigenvalue weighted by Gasteiger charge is 2.34. The number of rotatable bonds is 4. The Balaban J connectivity index is 1.54. The van der Waals surface area contributed by atoms with Gasteiger partial charge in [0.1, 0.15) is 0 Å². The summed E-state index contributed by atoms with van der Waals surface area (Å²) >= 11 is 0. The molecule has 1 aromatic carbocycles. The Kier molecular flexibility index (Phi) is 5.71. The van der Waals surface area contributed by atoms with E-state index in [2.05, 4.69) is 10.2 Å². The molecule has 1 atom stereocenters. The van der Waals surface area contributed by atoms with Gasteiger partial charge in [0.25, 0.3) is 5.91 Å². The summed E-state index contributed by atoms with van der Waals surface area (Å²) in [5.41, 5.74) is 2.28. The molecule has 2 aliphatic rings. The van der Waals surface area contributed by atoms with Crippen LogP contribution in [0.1, 0.15) is 40.4 Å². The summed E-state index contributed by atoms with van der Waals surface area (Å²) < 4.78 is 33.0. The summed E-state index contributed by atoms with van der Waals surface area (Å²) in [5.74, 6) is -0.165. The molecule has 0 bridgehead atoms. The van der Waals surface area contributed by atoms with Crippen molar-refractivity contribution in [2.24, 2.45) is 0 Å². The topological polar surface area (TPSA) is 95.6 Å². The molecule has 156 valence electrons. The minimum atomic E-state index is -3.57. The van der Waals surface area contributed by atoms with Crippen molar-refractivity contribution < 1.29 is 17.9 Å². The van der Waals surface area contributed by atoms with E-state index in [1.54, 1.807) is 23.2 Å². The van der Waals surface area contributed by atoms with Crippen LogP contribution >= 0.6 is 0 Å². The maximum atomic E-state index is 13.1. The highest BCUT2D eigenvalue weighted by molar-refractivity contribution is 7.89. The Morgan fingerprint density at radius 2 is 1.90 bits per heavy atom. The van der Waals surface area contributed by atoms with Crippen molar-refractivity contribution in [2.75, 3.05) is 39.4 Å². The molecule has 1 N–H and O–H groups in total. The van der Waals surface area contributed by atoms with Gasteiger partial charge in [0, 0.05) is 32.1 Å². The van der Waals surface area contributed by atoms with E-state index in [0.29, 0.717) is 49.9 Å². The fourth-order valence-electron chi connectivity index (χ4n) is 3.97. The molecule has 0 saturated carbocycles. The molecule has 0 unspecified atom stereocenters. The first-order chi connectivity index (χ1) is 14.0. The summed E-state index contributed by atoms with van der Waals surface area (Å²) in [5, 5.41) is 7.06. The SMILES string of the molecule is Cc1ccc(S(=O)(=O)N2CCC[C@@H](c3[nH]ncc3C(=O)N3CCOCC3)C2)cc1. The Morgan fingerprint density at radius 1 is 1.17 bits per heavy atom. The fourth-order valence-corrected chi connectivity index (χ4v) is 5.49. The number of morpholine rings is 1. The van der Waals surface area contributed by atoms with Crippen LogP contribution in [0.5, 0.6) is 0 Å². The van der Waals surface area contributed by atoms with E-state index >= 15 is 0 Å². The molecule has 0 radical (unpaired) electrons. The van der Waals surface area contributed by atoms with E-state index < -0.39 is 10.0 Å². The number of hydrogen-bond acceptors (Lipinski definition) is 5. The minimum Gasteiger partial charge on any atom is -0.378 e. The molecule has 1 aromatic heterocycles. The van der Waals surface area contributed by atoms with Gasteiger partial charge in [0.2, 0.25) is 10.0 Å². The number of nitrogens with one attached hydrogen (secondary N) is 1. The van der Waals surface area contributed by atoms with Crippen molar-refractivity contribution >= 4 is 15.9 Å². The number of aryl methyl sites for hydroxylation is 1. The average molecular weight is 419 g/mol. The normalized spacial score (nSPS) is 21.3. The molecular weight excluding hydrogens is 392 g/mol. The number of sulfonamides is 1. The lowest BCUT2D eigenvalue weighted by atomic mass is 9.93. The Hall–Kier alpha value is -2.23. The van der Waals surface area contributed by atoms with E-state index in [-0.39, 0.29) is 11.8 Å². The zero-order chi connectivity index (χ0) is 20.4. The smallest absolute Gasteiger partial charge is 0.257 e. The van der Waals surface area contributed by atoms with E-state index in [1.807, 2.05) is 19.1 Å². The van der Waals surface area contributed by atoms with Crippen LogP contribution in [0.4, 0.5) is 0 Å². The van der Waals surface area contributed by atoms with E-state index in [9.17, 15) is 13.2 Å². The molecule has 8 nitrogen and oxygen atoms in total. The van der Waals surface area contributed by atoms with E-state index in [1.165, 1.54) is 4.31 Å². The molecule has 2 aromatic rings. The van der Waals surface area contributed by atoms with Crippen LogP contribution in [0.25, 0.3) is 0 Å². The van der Waals surface area contributed by atoms with Gasteiger partial charge < -0.3 is 9.64 Å². The van der Waals surface area contributed by atoms with Crippen LogP contribution in [0.15, 0.2) is 35.4 Å². The monoisotopic (exact) mass is 418 g/mol. The van der Waals surface area contributed by atoms with Gasteiger partial charge in [-0.15, -0.1) is 0 Å². The molecule has 0 spiro atoms. The molecule has 3 heterocycles. The van der Waals surface area contributed by atoms with Gasteiger partial charge >= 0.3 is 0 Å². The minimum absolute atomic E-state index is 0.0736. The third-order valence-corrected chi connectivity index (χ3v) is 7.53. The number of benzene rings is 1. The number of amides is 1. The molecule has 4 rings (SSSR count). The van der Waals surface area contributed by atoms with Crippen molar-refractivity contribution in [3.63, 3.8) is 0 Å². The molecule has 9 heteroatoms. The van der Waals surface area contributed by atoms with Gasteiger partial charge in [0.05, 0.1) is 35.6 Å². The van der Waals surface area contributed by atoms with Crippen LogP contribution in [0, 0.1) is 6.92 Å². The van der Waals surface area contributed by atoms with Crippen molar-refractivity contribution in [1.29, 1.82) is 0 Å². The quantitative estimate of drug-likeness (QED) is 0.816. The number of hydrogen-bond donors (Lipinski definition) is 1. The van der Waals surface area contributed by atoms with Crippen molar-refractivity contribution in [3.8, 4) is 0 Å². The lowest BCUT2D eigenvalue weighted by Gasteiger charge is -2.32. The predicted molar refractivity (Wildman–Crippen MR) is 107 cm³/mol. The van der Waals surface area contributed by atoms with Crippen LogP contribution < -0.4 is 0 Å². The number of piperidine rings is 1. The standard InChI is InChI=1S/C20H26N4O4S/c1-15-4-6-17(7-5-15)29(26,27)24-8-2-3-16(14-24)19-18(13-21-22-19)20(25)23-9-11-28-12-10-23/h4-7,13,16H,2-3,8-12,14H2,1H3,(H,21,22)/t16-/m1/s1. The third-order valence-electron chi connectivity index (χ3n) is 5.65. The van der Waals surface area contributed by atoms with Crippen molar-refractivity contribution in [1.82, 2.24) is 19.4 Å². The van der Waals surface area contributed by atoms with E-state index in [4.69, 9.17) is 4.74 Å². The second-order valence-electron chi connectivity index (χ2n) is 7.62. The highest BCUT2D eigenvalue weighted by atomic mass is 32.2. The molecule has 1 amide bonds. The summed E-state index contributed by atoms with van der Waals surface area (Å²) in [7, 11) is -3.57. The average Bonchev–Trinajstić information content (AvgIpc) is 3.24. The first-order valence-corrected chi connectivity index (χ1v) is 11.4. The Morgan fingerprint density at radius 3 is 2.62 bits per heavy atom. The predicted octanol–water partition coefficient (Wildman–Crippen LogP) is 1.76. The number of carbonyl (C=O) groups excluding carboxylic acids is 1. The van der Waals surface area contributed by atoms with Crippen molar-refractivity contribution in [3.05, 3.63) is 47.3 Å². The van der Waals surface area contributed by atoms with Gasteiger partial charge in [-0.3, -0.25) is 9.89 Å². The summed E-state index contributed by atoms with van der Waals surface area (Å²) in [6.45, 7) is 4.92. The Labute approximate surface area is 170 Å². The van der Waals surface area contributed by atoms with Crippen LogP contribution in [-0.4, -0.2) is 73.1 Å². The lowest BCUT2D eigenvalue weighted by molar-refractivity contribution is 0.0301. The van der Waals surface area contributed by atoms with Gasteiger partial charge in [-0.1, -0.05) is 17.7 Å². The maximum absolute atomic E-state index is 13.1. The number of aromatic amines is 1. The third kappa shape index (κ3) is 4.08. The lowest BCUT2D eigenvalue weighted by Crippen LogP contribution is -2.42. The van der Waals surface area contributed by atoms with Crippen LogP contribution in [-0.2, 0) is 14.8 Å². The summed E-state index contributed by atoms with van der Waals surface area (Å²) in [4.78, 5) is 15.0. The molecule has 29 heavy (non-hydrogen) atoms. The second-order valence-corrected chi connectivity index (χ2v) is 9.56. The largest absolute Gasteiger partial charge is 0.378 e. The molecular formula is C20H26N4O4S. The van der Waals surface area contributed by atoms with Gasteiger partial charge in [-0.25, -0.2) is 8.42 Å². The van der Waals surface area contributed by atoms with Crippen LogP contribution in [0.3, 0.4) is 0 Å². The molecule has 2 fully saturated rings. The number of aromatic nitrogens is 2. The molecule has 2 saturated heterocycles. The van der Waals surface area contributed by atoms with Crippen molar-refractivity contribution in [2.45, 2.75) is 30.6 Å². The summed E-state index contributed by atoms with van der Waals surface area (Å²) in [6.07, 6.45) is 3.10. The number of H-pyrrole nitrogens is 1. The number of nitrogens with zero attached hydrogens (tertiary/aromatic N) is 3. The van der Waals surface area contributed by atoms with Gasteiger partial charge in [0.15, 0.2) is 0 Å². The first-order valence-electron chi connectivity index (χ1n) is 9.94. The van der Waals surface area contributed by atoms with Gasteiger partial charge in [-0.05, 0) is 31.9 Å². The molecule has 0 aliphatic carbocycles. The second kappa shape index (κ2) is 8.25.